The van der Waals surface area contributed by atoms with Crippen LogP contribution in [0, 0.1) is 0 Å². The zero-order valence-electron chi connectivity index (χ0n) is 20.1. The number of fused-ring (bicyclic) bond motifs is 1. The molecular weight excluding hydrogens is 623 g/mol. The molecule has 10 heteroatoms. The fourth-order valence-corrected chi connectivity index (χ4v) is 5.79. The molecule has 1 fully saturated rings. The van der Waals surface area contributed by atoms with E-state index in [2.05, 4.69) is 21.2 Å². The van der Waals surface area contributed by atoms with Gasteiger partial charge in [-0.15, -0.1) is 0 Å². The summed E-state index contributed by atoms with van der Waals surface area (Å²) >= 11 is 16.4. The van der Waals surface area contributed by atoms with Crippen LogP contribution in [-0.2, 0) is 16.2 Å². The summed E-state index contributed by atoms with van der Waals surface area (Å²) in [5.74, 6) is -0.400. The molecule has 39 heavy (non-hydrogen) atoms. The van der Waals surface area contributed by atoms with Gasteiger partial charge in [-0.2, -0.15) is 0 Å². The number of anilines is 1. The van der Waals surface area contributed by atoms with E-state index < -0.39 is 17.1 Å². The van der Waals surface area contributed by atoms with Crippen LogP contribution in [0.1, 0.15) is 11.1 Å². The molecule has 4 aromatic carbocycles. The van der Waals surface area contributed by atoms with E-state index in [1.807, 2.05) is 36.4 Å². The monoisotopic (exact) mass is 640 g/mol. The first kappa shape index (κ1) is 27.3. The van der Waals surface area contributed by atoms with Gasteiger partial charge in [0, 0.05) is 26.7 Å². The summed E-state index contributed by atoms with van der Waals surface area (Å²) in [5.41, 5.74) is 2.09. The van der Waals surface area contributed by atoms with Gasteiger partial charge in [0.15, 0.2) is 0 Å². The maximum absolute atomic E-state index is 13.0. The van der Waals surface area contributed by atoms with Crippen LogP contribution in [0.25, 0.3) is 16.8 Å². The minimum Gasteiger partial charge on any atom is -0.488 e. The van der Waals surface area contributed by atoms with Crippen LogP contribution in [0.2, 0.25) is 10.0 Å². The number of thioether (sulfide) groups is 1. The van der Waals surface area contributed by atoms with Gasteiger partial charge in [-0.25, -0.2) is 0 Å². The van der Waals surface area contributed by atoms with Crippen molar-refractivity contribution in [3.05, 3.63) is 109 Å². The number of hydrogen-bond donors (Lipinski definition) is 1. The molecule has 1 aliphatic rings. The van der Waals surface area contributed by atoms with Gasteiger partial charge in [0.2, 0.25) is 5.91 Å². The average Bonchev–Trinajstić information content (AvgIpc) is 3.16. The fraction of sp³-hybridized carbons (Fsp3) is 0.0690. The van der Waals surface area contributed by atoms with E-state index in [0.29, 0.717) is 31.5 Å². The number of hydrogen-bond acceptors (Lipinski definition) is 5. The molecule has 0 aliphatic carbocycles. The number of nitrogens with zero attached hydrogens (tertiary/aromatic N) is 1. The minimum atomic E-state index is -0.521. The zero-order chi connectivity index (χ0) is 27.5. The second-order valence-electron chi connectivity index (χ2n) is 8.56. The number of nitrogens with one attached hydrogen (secondary N) is 1. The number of ether oxygens (including phenoxy) is 1. The highest BCUT2D eigenvalue weighted by atomic mass is 79.9. The Hall–Kier alpha value is -3.30. The van der Waals surface area contributed by atoms with Gasteiger partial charge in [-0.3, -0.25) is 19.3 Å². The van der Waals surface area contributed by atoms with Crippen molar-refractivity contribution in [2.45, 2.75) is 6.61 Å². The molecule has 196 valence electrons. The van der Waals surface area contributed by atoms with Crippen molar-refractivity contribution in [1.82, 2.24) is 4.90 Å². The van der Waals surface area contributed by atoms with Crippen molar-refractivity contribution in [3.63, 3.8) is 0 Å². The van der Waals surface area contributed by atoms with Crippen LogP contribution >= 0.6 is 50.9 Å². The number of rotatable bonds is 7. The standard InChI is InChI=1S/C29H19BrCl2N2O4S/c30-22-12-17(8-11-25(22)38-16-19-9-10-20(31)14-23(19)32)13-26-28(36)34(29(37)39-26)15-27(35)33-24-7-3-5-18-4-1-2-6-21(18)24/h1-14H,15-16H2,(H,33,35)/b26-13+. The third kappa shape index (κ3) is 6.31. The first-order valence-corrected chi connectivity index (χ1v) is 14.0. The van der Waals surface area contributed by atoms with Gasteiger partial charge in [0.05, 0.1) is 9.38 Å². The summed E-state index contributed by atoms with van der Waals surface area (Å²) in [7, 11) is 0. The predicted octanol–water partition coefficient (Wildman–Crippen LogP) is 8.16. The number of carbonyl (C=O) groups is 3. The fourth-order valence-electron chi connectivity index (χ4n) is 3.97. The van der Waals surface area contributed by atoms with E-state index in [0.717, 1.165) is 33.0 Å². The first-order chi connectivity index (χ1) is 18.8. The second kappa shape index (κ2) is 11.8. The first-order valence-electron chi connectivity index (χ1n) is 11.7. The van der Waals surface area contributed by atoms with E-state index in [1.54, 1.807) is 48.5 Å². The smallest absolute Gasteiger partial charge is 0.294 e. The summed E-state index contributed by atoms with van der Waals surface area (Å²) in [6.07, 6.45) is 1.61. The van der Waals surface area contributed by atoms with Crippen molar-refractivity contribution in [2.75, 3.05) is 11.9 Å². The van der Waals surface area contributed by atoms with Crippen molar-refractivity contribution < 1.29 is 19.1 Å². The molecule has 0 bridgehead atoms. The largest absolute Gasteiger partial charge is 0.488 e. The minimum absolute atomic E-state index is 0.228. The topological polar surface area (TPSA) is 75.7 Å². The van der Waals surface area contributed by atoms with Gasteiger partial charge < -0.3 is 10.1 Å². The van der Waals surface area contributed by atoms with E-state index >= 15 is 0 Å². The predicted molar refractivity (Wildman–Crippen MR) is 160 cm³/mol. The van der Waals surface area contributed by atoms with Crippen LogP contribution in [-0.4, -0.2) is 28.5 Å². The van der Waals surface area contributed by atoms with Gasteiger partial charge >= 0.3 is 0 Å². The molecule has 1 heterocycles. The molecule has 5 rings (SSSR count). The summed E-state index contributed by atoms with van der Waals surface area (Å²) < 4.78 is 6.53. The average molecular weight is 642 g/mol. The molecule has 6 nitrogen and oxygen atoms in total. The van der Waals surface area contributed by atoms with Crippen LogP contribution in [0.4, 0.5) is 10.5 Å². The Morgan fingerprint density at radius 3 is 2.59 bits per heavy atom. The van der Waals surface area contributed by atoms with Gasteiger partial charge in [-0.1, -0.05) is 71.7 Å². The van der Waals surface area contributed by atoms with Crippen molar-refractivity contribution >= 4 is 90.5 Å². The van der Waals surface area contributed by atoms with E-state index in [-0.39, 0.29) is 18.1 Å². The summed E-state index contributed by atoms with van der Waals surface area (Å²) in [6, 6.07) is 23.7. The Balaban J connectivity index is 1.24. The molecule has 0 unspecified atom stereocenters. The molecule has 3 amide bonds. The lowest BCUT2D eigenvalue weighted by atomic mass is 10.1. The second-order valence-corrected chi connectivity index (χ2v) is 11.2. The zero-order valence-corrected chi connectivity index (χ0v) is 24.0. The Morgan fingerprint density at radius 2 is 1.79 bits per heavy atom. The molecule has 0 spiro atoms. The number of carbonyl (C=O) groups excluding carboxylic acids is 3. The molecule has 1 saturated heterocycles. The maximum Gasteiger partial charge on any atom is 0.294 e. The Morgan fingerprint density at radius 1 is 1.00 bits per heavy atom. The quantitative estimate of drug-likeness (QED) is 0.206. The number of halogens is 3. The number of imide groups is 1. The van der Waals surface area contributed by atoms with Gasteiger partial charge in [-0.05, 0) is 75.0 Å². The normalized spacial score (nSPS) is 14.3. The third-order valence-corrected chi connectivity index (χ3v) is 8.01. The van der Waals surface area contributed by atoms with Crippen LogP contribution < -0.4 is 10.1 Å². The SMILES string of the molecule is O=C(CN1C(=O)S/C(=C/c2ccc(OCc3ccc(Cl)cc3Cl)c(Br)c2)C1=O)Nc1cccc2ccccc12. The Labute approximate surface area is 247 Å². The molecule has 0 aromatic heterocycles. The highest BCUT2D eigenvalue weighted by molar-refractivity contribution is 9.10. The summed E-state index contributed by atoms with van der Waals surface area (Å²) in [4.78, 5) is 39.4. The van der Waals surface area contributed by atoms with E-state index in [1.165, 1.54) is 0 Å². The summed E-state index contributed by atoms with van der Waals surface area (Å²) in [5, 5.41) is 5.21. The van der Waals surface area contributed by atoms with E-state index in [4.69, 9.17) is 27.9 Å². The van der Waals surface area contributed by atoms with Crippen LogP contribution in [0.5, 0.6) is 5.75 Å². The van der Waals surface area contributed by atoms with Gasteiger partial charge in [0.1, 0.15) is 18.9 Å². The lowest BCUT2D eigenvalue weighted by Gasteiger charge is -2.13. The lowest BCUT2D eigenvalue weighted by Crippen LogP contribution is -2.36. The highest BCUT2D eigenvalue weighted by Gasteiger charge is 2.36. The summed E-state index contributed by atoms with van der Waals surface area (Å²) in [6.45, 7) is -0.136. The molecule has 1 aliphatic heterocycles. The van der Waals surface area contributed by atoms with Crippen LogP contribution in [0.3, 0.4) is 0 Å². The third-order valence-electron chi connectivity index (χ3n) is 5.89. The highest BCUT2D eigenvalue weighted by Crippen LogP contribution is 2.34. The molecule has 0 radical (unpaired) electrons. The Bertz CT molecular complexity index is 1650. The van der Waals surface area contributed by atoms with Crippen molar-refractivity contribution in [3.8, 4) is 5.75 Å². The maximum atomic E-state index is 13.0. The lowest BCUT2D eigenvalue weighted by molar-refractivity contribution is -0.127. The van der Waals surface area contributed by atoms with Crippen LogP contribution in [0.15, 0.2) is 88.2 Å². The number of benzene rings is 4. The molecular formula is C29H19BrCl2N2O4S. The molecule has 0 saturated carbocycles. The molecule has 1 N–H and O–H groups in total. The number of amides is 3. The molecule has 4 aromatic rings. The van der Waals surface area contributed by atoms with Crippen molar-refractivity contribution in [2.24, 2.45) is 0 Å². The van der Waals surface area contributed by atoms with E-state index in [9.17, 15) is 14.4 Å². The Kier molecular flexibility index (Phi) is 8.28. The molecule has 0 atom stereocenters. The van der Waals surface area contributed by atoms with Crippen molar-refractivity contribution in [1.29, 1.82) is 0 Å². The van der Waals surface area contributed by atoms with Gasteiger partial charge in [0.25, 0.3) is 11.1 Å².